The first-order valence-electron chi connectivity index (χ1n) is 9.43. The maximum atomic E-state index is 11.2. The highest BCUT2D eigenvalue weighted by Gasteiger charge is 2.44. The molecule has 0 aromatic heterocycles. The highest BCUT2D eigenvalue weighted by atomic mass is 79.9. The van der Waals surface area contributed by atoms with Gasteiger partial charge in [-0.2, -0.15) is 0 Å². The molecule has 29 heavy (non-hydrogen) atoms. The molecule has 1 nitrogen and oxygen atoms in total. The number of aliphatic hydroxyl groups excluding tert-OH is 1. The van der Waals surface area contributed by atoms with Crippen molar-refractivity contribution in [2.45, 2.75) is 0 Å². The molecule has 1 N–H and O–H groups in total. The third kappa shape index (κ3) is 4.05. The number of aliphatic hydroxyl groups is 1. The van der Waals surface area contributed by atoms with Gasteiger partial charge in [-0.05, 0) is 48.5 Å². The van der Waals surface area contributed by atoms with Gasteiger partial charge < -0.3 is 5.11 Å². The van der Waals surface area contributed by atoms with Gasteiger partial charge >= 0.3 is 0 Å². The topological polar surface area (TPSA) is 20.2 Å². The predicted octanol–water partition coefficient (Wildman–Crippen LogP) is 6.30. The molecule has 0 unspecified atom stereocenters. The Hall–Kier alpha value is -2.67. The van der Waals surface area contributed by atoms with E-state index in [4.69, 9.17) is 0 Å². The van der Waals surface area contributed by atoms with E-state index in [1.165, 1.54) is 15.9 Å². The predicted molar refractivity (Wildman–Crippen MR) is 130 cm³/mol. The summed E-state index contributed by atoms with van der Waals surface area (Å²) in [5.41, 5.74) is 0.806. The summed E-state index contributed by atoms with van der Waals surface area (Å²) in [5.74, 6) is 2.37. The molecular formula is C26H21BrOP+. The van der Waals surface area contributed by atoms with Crippen molar-refractivity contribution < 1.29 is 5.11 Å². The van der Waals surface area contributed by atoms with Crippen LogP contribution in [0.1, 0.15) is 5.56 Å². The summed E-state index contributed by atoms with van der Waals surface area (Å²) >= 11 is 3.47. The van der Waals surface area contributed by atoms with Gasteiger partial charge in [0.05, 0.1) is 0 Å². The molecule has 4 aromatic rings. The Labute approximate surface area is 180 Å². The summed E-state index contributed by atoms with van der Waals surface area (Å²) in [6.07, 6.45) is 0. The van der Waals surface area contributed by atoms with Crippen LogP contribution in [0.25, 0.3) is 5.76 Å². The van der Waals surface area contributed by atoms with Crippen LogP contribution in [0.2, 0.25) is 0 Å². The summed E-state index contributed by atoms with van der Waals surface area (Å²) in [6.45, 7) is 0. The van der Waals surface area contributed by atoms with E-state index in [1.54, 1.807) is 0 Å². The zero-order valence-corrected chi connectivity index (χ0v) is 18.3. The molecule has 0 aliphatic carbocycles. The molecule has 4 aromatic carbocycles. The second-order valence-electron chi connectivity index (χ2n) is 6.75. The van der Waals surface area contributed by atoms with Gasteiger partial charge in [-0.15, -0.1) is 0 Å². The van der Waals surface area contributed by atoms with Gasteiger partial charge in [0, 0.05) is 10.0 Å². The number of rotatable bonds is 5. The van der Waals surface area contributed by atoms with E-state index in [0.717, 1.165) is 10.0 Å². The molecule has 0 aliphatic rings. The molecule has 0 bridgehead atoms. The Morgan fingerprint density at radius 1 is 0.586 bits per heavy atom. The molecule has 0 saturated carbocycles. The summed E-state index contributed by atoms with van der Waals surface area (Å²) in [7, 11) is -2.21. The zero-order chi connectivity index (χ0) is 20.1. The average molecular weight is 460 g/mol. The Bertz CT molecular complexity index is 995. The quantitative estimate of drug-likeness (QED) is 0.274. The molecule has 0 radical (unpaired) electrons. The molecular weight excluding hydrogens is 439 g/mol. The van der Waals surface area contributed by atoms with Gasteiger partial charge in [-0.1, -0.05) is 82.7 Å². The number of hydrogen-bond donors (Lipinski definition) is 1. The molecule has 0 fully saturated rings. The standard InChI is InChI=1S/C26H20BrOP/c27-22-18-16-21(17-19-22)26(28)20-29(23-10-4-1-5-11-23,24-12-6-2-7-13-24)25-14-8-3-9-15-25/h1-20H/p+1/b26-20-. The smallest absolute Gasteiger partial charge is 0.158 e. The van der Waals surface area contributed by atoms with E-state index < -0.39 is 7.26 Å². The Morgan fingerprint density at radius 2 is 0.966 bits per heavy atom. The number of halogens is 1. The van der Waals surface area contributed by atoms with Crippen molar-refractivity contribution >= 4 is 44.9 Å². The third-order valence-corrected chi connectivity index (χ3v) is 9.44. The number of hydrogen-bond acceptors (Lipinski definition) is 1. The molecule has 0 amide bonds. The monoisotopic (exact) mass is 459 g/mol. The van der Waals surface area contributed by atoms with E-state index in [-0.39, 0.29) is 0 Å². The molecule has 0 heterocycles. The van der Waals surface area contributed by atoms with E-state index >= 15 is 0 Å². The van der Waals surface area contributed by atoms with Crippen molar-refractivity contribution in [3.05, 3.63) is 131 Å². The van der Waals surface area contributed by atoms with Gasteiger partial charge in [0.2, 0.25) is 0 Å². The van der Waals surface area contributed by atoms with Gasteiger partial charge in [-0.3, -0.25) is 0 Å². The van der Waals surface area contributed by atoms with Crippen LogP contribution in [-0.4, -0.2) is 5.11 Å². The van der Waals surface area contributed by atoms with Crippen LogP contribution in [0.15, 0.2) is 126 Å². The maximum absolute atomic E-state index is 11.2. The van der Waals surface area contributed by atoms with Crippen LogP contribution in [0.5, 0.6) is 0 Å². The largest absolute Gasteiger partial charge is 0.504 e. The van der Waals surface area contributed by atoms with E-state index in [2.05, 4.69) is 94.5 Å². The molecule has 4 rings (SSSR count). The van der Waals surface area contributed by atoms with Crippen LogP contribution in [-0.2, 0) is 0 Å². The van der Waals surface area contributed by atoms with E-state index in [0.29, 0.717) is 5.76 Å². The van der Waals surface area contributed by atoms with Gasteiger partial charge in [-0.25, -0.2) is 0 Å². The average Bonchev–Trinajstić information content (AvgIpc) is 2.79. The Kier molecular flexibility index (Phi) is 5.94. The lowest BCUT2D eigenvalue weighted by Crippen LogP contribution is -2.29. The summed E-state index contributed by atoms with van der Waals surface area (Å²) in [6, 6.07) is 39.3. The van der Waals surface area contributed by atoms with Crippen molar-refractivity contribution in [1.29, 1.82) is 0 Å². The second-order valence-corrected chi connectivity index (χ2v) is 10.9. The lowest BCUT2D eigenvalue weighted by molar-refractivity contribution is 0.513. The van der Waals surface area contributed by atoms with Gasteiger partial charge in [0.1, 0.15) is 29.0 Å². The van der Waals surface area contributed by atoms with Crippen molar-refractivity contribution in [3.63, 3.8) is 0 Å². The van der Waals surface area contributed by atoms with Crippen LogP contribution in [0, 0.1) is 0 Å². The lowest BCUT2D eigenvalue weighted by Gasteiger charge is -2.24. The first kappa shape index (κ1) is 19.6. The molecule has 0 atom stereocenters. The Morgan fingerprint density at radius 3 is 1.34 bits per heavy atom. The van der Waals surface area contributed by atoms with Crippen molar-refractivity contribution in [2.75, 3.05) is 0 Å². The summed E-state index contributed by atoms with van der Waals surface area (Å²) in [5, 5.41) is 14.8. The lowest BCUT2D eigenvalue weighted by atomic mass is 10.2. The first-order valence-corrected chi connectivity index (χ1v) is 12.1. The third-order valence-electron chi connectivity index (χ3n) is 4.95. The first-order chi connectivity index (χ1) is 14.2. The van der Waals surface area contributed by atoms with Crippen LogP contribution in [0.3, 0.4) is 0 Å². The normalized spacial score (nSPS) is 12.0. The Balaban J connectivity index is 2.02. The van der Waals surface area contributed by atoms with Crippen molar-refractivity contribution in [2.24, 2.45) is 0 Å². The van der Waals surface area contributed by atoms with E-state index in [9.17, 15) is 5.11 Å². The fourth-order valence-corrected chi connectivity index (χ4v) is 7.59. The van der Waals surface area contributed by atoms with Crippen molar-refractivity contribution in [3.8, 4) is 0 Å². The minimum absolute atomic E-state index is 0.294. The molecule has 0 saturated heterocycles. The molecule has 0 spiro atoms. The molecule has 142 valence electrons. The summed E-state index contributed by atoms with van der Waals surface area (Å²) < 4.78 is 0.990. The maximum Gasteiger partial charge on any atom is 0.158 e. The highest BCUT2D eigenvalue weighted by molar-refractivity contribution is 9.10. The fourth-order valence-electron chi connectivity index (χ4n) is 3.54. The summed E-state index contributed by atoms with van der Waals surface area (Å²) in [4.78, 5) is 0. The van der Waals surface area contributed by atoms with Crippen LogP contribution < -0.4 is 15.9 Å². The van der Waals surface area contributed by atoms with Gasteiger partial charge in [0.25, 0.3) is 0 Å². The SMILES string of the molecule is O/C(=C\[P+](c1ccccc1)(c1ccccc1)c1ccccc1)c1ccc(Br)cc1. The van der Waals surface area contributed by atoms with E-state index in [1.807, 2.05) is 42.5 Å². The van der Waals surface area contributed by atoms with Crippen molar-refractivity contribution in [1.82, 2.24) is 0 Å². The van der Waals surface area contributed by atoms with Crippen LogP contribution in [0.4, 0.5) is 0 Å². The minimum Gasteiger partial charge on any atom is -0.504 e. The highest BCUT2D eigenvalue weighted by Crippen LogP contribution is 2.58. The second kappa shape index (κ2) is 8.78. The van der Waals surface area contributed by atoms with Gasteiger partial charge in [0.15, 0.2) is 5.76 Å². The fraction of sp³-hybridized carbons (Fsp3) is 0. The molecule has 3 heteroatoms. The minimum atomic E-state index is -2.21. The van der Waals surface area contributed by atoms with Crippen LogP contribution >= 0.6 is 23.2 Å². The molecule has 0 aliphatic heterocycles. The number of benzene rings is 4. The zero-order valence-electron chi connectivity index (χ0n) is 15.8.